The van der Waals surface area contributed by atoms with E-state index in [-0.39, 0.29) is 5.91 Å². The van der Waals surface area contributed by atoms with E-state index in [9.17, 15) is 4.79 Å². The van der Waals surface area contributed by atoms with Crippen LogP contribution in [0.25, 0.3) is 0 Å². The Hall–Kier alpha value is -1.75. The van der Waals surface area contributed by atoms with Crippen LogP contribution in [0.15, 0.2) is 18.2 Å². The highest BCUT2D eigenvalue weighted by Gasteiger charge is 2.39. The Balaban J connectivity index is 1.57. The number of hydrogen-bond acceptors (Lipinski definition) is 4. The molecule has 5 heteroatoms. The molecule has 1 spiro atoms. The Morgan fingerprint density at radius 2 is 1.85 bits per heavy atom. The van der Waals surface area contributed by atoms with Gasteiger partial charge in [-0.25, -0.2) is 0 Å². The highest BCUT2D eigenvalue weighted by molar-refractivity contribution is 5.76. The van der Waals surface area contributed by atoms with Crippen molar-refractivity contribution in [1.29, 1.82) is 0 Å². The highest BCUT2D eigenvalue weighted by Crippen LogP contribution is 2.37. The van der Waals surface area contributed by atoms with E-state index in [4.69, 9.17) is 9.47 Å². The lowest BCUT2D eigenvalue weighted by atomic mass is 9.88. The molecule has 0 unspecified atom stereocenters. The van der Waals surface area contributed by atoms with Gasteiger partial charge in [-0.05, 0) is 63.7 Å². The van der Waals surface area contributed by atoms with Crippen LogP contribution >= 0.6 is 0 Å². The molecule has 0 bridgehead atoms. The SMILES string of the molecule is COc1ccc(CCC(=O)N2CCC[C@]3(CCCN3C)CC2)c(OC)c1. The van der Waals surface area contributed by atoms with Crippen molar-refractivity contribution < 1.29 is 14.3 Å². The van der Waals surface area contributed by atoms with Crippen LogP contribution in [0, 0.1) is 0 Å². The molecule has 2 saturated heterocycles. The lowest BCUT2D eigenvalue weighted by Gasteiger charge is -2.35. The number of benzene rings is 1. The molecule has 0 aliphatic carbocycles. The van der Waals surface area contributed by atoms with Crippen molar-refractivity contribution in [2.45, 2.75) is 50.5 Å². The normalized spacial score (nSPS) is 23.9. The van der Waals surface area contributed by atoms with E-state index < -0.39 is 0 Å². The summed E-state index contributed by atoms with van der Waals surface area (Å²) < 4.78 is 10.7. The fourth-order valence-electron chi connectivity index (χ4n) is 4.59. The van der Waals surface area contributed by atoms with Crippen molar-refractivity contribution in [1.82, 2.24) is 9.80 Å². The van der Waals surface area contributed by atoms with E-state index in [1.807, 2.05) is 18.2 Å². The summed E-state index contributed by atoms with van der Waals surface area (Å²) in [6, 6.07) is 5.80. The van der Waals surface area contributed by atoms with Gasteiger partial charge >= 0.3 is 0 Å². The Morgan fingerprint density at radius 1 is 1.08 bits per heavy atom. The molecule has 2 aliphatic heterocycles. The lowest BCUT2D eigenvalue weighted by Crippen LogP contribution is -2.42. The van der Waals surface area contributed by atoms with Crippen LogP contribution in [0.2, 0.25) is 0 Å². The number of carbonyl (C=O) groups is 1. The summed E-state index contributed by atoms with van der Waals surface area (Å²) in [6.07, 6.45) is 7.26. The van der Waals surface area contributed by atoms with Crippen LogP contribution in [0.4, 0.5) is 0 Å². The second-order valence-electron chi connectivity index (χ2n) is 7.66. The smallest absolute Gasteiger partial charge is 0.222 e. The third-order valence-corrected chi connectivity index (χ3v) is 6.32. The number of nitrogens with zero attached hydrogens (tertiary/aromatic N) is 2. The molecule has 1 atom stereocenters. The Kier molecular flexibility index (Phi) is 6.07. The average molecular weight is 360 g/mol. The molecule has 3 rings (SSSR count). The number of rotatable bonds is 5. The molecule has 0 saturated carbocycles. The molecule has 2 heterocycles. The quantitative estimate of drug-likeness (QED) is 0.809. The monoisotopic (exact) mass is 360 g/mol. The molecular weight excluding hydrogens is 328 g/mol. The number of carbonyl (C=O) groups excluding carboxylic acids is 1. The standard InChI is InChI=1S/C21H32N2O3/c1-22-13-4-10-21(22)11-5-14-23(15-12-21)20(24)9-7-17-6-8-18(25-2)16-19(17)26-3/h6,8,16H,4-5,7,9-15H2,1-3H3/t21-/m1/s1. The van der Waals surface area contributed by atoms with Crippen molar-refractivity contribution in [2.75, 3.05) is 40.9 Å². The minimum atomic E-state index is 0.264. The summed E-state index contributed by atoms with van der Waals surface area (Å²) in [4.78, 5) is 17.4. The maximum Gasteiger partial charge on any atom is 0.222 e. The Morgan fingerprint density at radius 3 is 2.50 bits per heavy atom. The van der Waals surface area contributed by atoms with Gasteiger partial charge in [0.1, 0.15) is 11.5 Å². The van der Waals surface area contributed by atoms with Crippen LogP contribution in [0.5, 0.6) is 11.5 Å². The third-order valence-electron chi connectivity index (χ3n) is 6.32. The zero-order chi connectivity index (χ0) is 18.6. The van der Waals surface area contributed by atoms with Gasteiger partial charge in [0.15, 0.2) is 0 Å². The predicted molar refractivity (Wildman–Crippen MR) is 103 cm³/mol. The van der Waals surface area contributed by atoms with Gasteiger partial charge in [-0.15, -0.1) is 0 Å². The number of hydrogen-bond donors (Lipinski definition) is 0. The van der Waals surface area contributed by atoms with Crippen LogP contribution in [0.3, 0.4) is 0 Å². The zero-order valence-corrected chi connectivity index (χ0v) is 16.4. The highest BCUT2D eigenvalue weighted by atomic mass is 16.5. The molecule has 1 aromatic carbocycles. The fourth-order valence-corrected chi connectivity index (χ4v) is 4.59. The average Bonchev–Trinajstić information content (AvgIpc) is 2.88. The maximum absolute atomic E-state index is 12.8. The topological polar surface area (TPSA) is 42.0 Å². The van der Waals surface area contributed by atoms with Gasteiger partial charge in [0.2, 0.25) is 5.91 Å². The molecule has 1 amide bonds. The van der Waals surface area contributed by atoms with Crippen molar-refractivity contribution in [3.8, 4) is 11.5 Å². The van der Waals surface area contributed by atoms with E-state index in [1.54, 1.807) is 14.2 Å². The summed E-state index contributed by atoms with van der Waals surface area (Å²) in [5.74, 6) is 1.83. The number of amides is 1. The fraction of sp³-hybridized carbons (Fsp3) is 0.667. The van der Waals surface area contributed by atoms with Crippen molar-refractivity contribution >= 4 is 5.91 Å². The summed E-state index contributed by atoms with van der Waals surface area (Å²) in [5, 5.41) is 0. The van der Waals surface area contributed by atoms with Crippen LogP contribution < -0.4 is 9.47 Å². The largest absolute Gasteiger partial charge is 0.497 e. The molecule has 0 radical (unpaired) electrons. The molecule has 26 heavy (non-hydrogen) atoms. The number of methoxy groups -OCH3 is 2. The lowest BCUT2D eigenvalue weighted by molar-refractivity contribution is -0.131. The van der Waals surface area contributed by atoms with Gasteiger partial charge < -0.3 is 19.3 Å². The molecule has 2 fully saturated rings. The third kappa shape index (κ3) is 3.98. The van der Waals surface area contributed by atoms with E-state index in [1.165, 1.54) is 25.8 Å². The van der Waals surface area contributed by atoms with E-state index >= 15 is 0 Å². The van der Waals surface area contributed by atoms with Crippen LogP contribution in [-0.4, -0.2) is 62.1 Å². The minimum Gasteiger partial charge on any atom is -0.497 e. The van der Waals surface area contributed by atoms with Gasteiger partial charge in [0, 0.05) is 31.1 Å². The first-order valence-electron chi connectivity index (χ1n) is 9.78. The molecule has 144 valence electrons. The number of aryl methyl sites for hydroxylation is 1. The first kappa shape index (κ1) is 19.0. The first-order valence-corrected chi connectivity index (χ1v) is 9.78. The van der Waals surface area contributed by atoms with Gasteiger partial charge in [0.05, 0.1) is 14.2 Å². The summed E-state index contributed by atoms with van der Waals surface area (Å²) in [6.45, 7) is 2.99. The van der Waals surface area contributed by atoms with Gasteiger partial charge in [-0.3, -0.25) is 4.79 Å². The zero-order valence-electron chi connectivity index (χ0n) is 16.4. The molecule has 0 N–H and O–H groups in total. The second-order valence-corrected chi connectivity index (χ2v) is 7.66. The maximum atomic E-state index is 12.8. The van der Waals surface area contributed by atoms with Crippen LogP contribution in [0.1, 0.15) is 44.1 Å². The van der Waals surface area contributed by atoms with E-state index in [0.29, 0.717) is 18.4 Å². The molecule has 5 nitrogen and oxygen atoms in total. The molecular formula is C21H32N2O3. The molecule has 1 aromatic rings. The van der Waals surface area contributed by atoms with Crippen LogP contribution in [-0.2, 0) is 11.2 Å². The predicted octanol–water partition coefficient (Wildman–Crippen LogP) is 3.11. The number of ether oxygens (including phenoxy) is 2. The van der Waals surface area contributed by atoms with Crippen molar-refractivity contribution in [2.24, 2.45) is 0 Å². The summed E-state index contributed by atoms with van der Waals surface area (Å²) in [5.41, 5.74) is 1.40. The van der Waals surface area contributed by atoms with E-state index in [0.717, 1.165) is 43.0 Å². The minimum absolute atomic E-state index is 0.264. The Labute approximate surface area is 157 Å². The summed E-state index contributed by atoms with van der Waals surface area (Å²) >= 11 is 0. The molecule has 2 aliphatic rings. The van der Waals surface area contributed by atoms with Crippen molar-refractivity contribution in [3.05, 3.63) is 23.8 Å². The van der Waals surface area contributed by atoms with Crippen molar-refractivity contribution in [3.63, 3.8) is 0 Å². The Bertz CT molecular complexity index is 634. The second kappa shape index (κ2) is 8.30. The van der Waals surface area contributed by atoms with Gasteiger partial charge in [-0.2, -0.15) is 0 Å². The van der Waals surface area contributed by atoms with E-state index in [2.05, 4.69) is 16.8 Å². The summed E-state index contributed by atoms with van der Waals surface area (Å²) in [7, 11) is 5.55. The van der Waals surface area contributed by atoms with Gasteiger partial charge in [0.25, 0.3) is 0 Å². The first-order chi connectivity index (χ1) is 12.6. The number of likely N-dealkylation sites (tertiary alicyclic amines) is 2. The van der Waals surface area contributed by atoms with Gasteiger partial charge in [-0.1, -0.05) is 6.07 Å². The molecule has 0 aromatic heterocycles.